The Bertz CT molecular complexity index is 262. The zero-order valence-electron chi connectivity index (χ0n) is 8.16. The van der Waals surface area contributed by atoms with E-state index in [-0.39, 0.29) is 22.8 Å². The number of thiocarbonyl (C=S) groups is 1. The van der Waals surface area contributed by atoms with Crippen molar-refractivity contribution in [2.24, 2.45) is 5.73 Å². The lowest BCUT2D eigenvalue weighted by Gasteiger charge is -2.24. The van der Waals surface area contributed by atoms with Crippen molar-refractivity contribution in [3.05, 3.63) is 0 Å². The lowest BCUT2D eigenvalue weighted by atomic mass is 10.1. The van der Waals surface area contributed by atoms with Gasteiger partial charge in [-0.05, 0) is 6.42 Å². The number of likely N-dealkylation sites (tertiary alicyclic amines) is 1. The molecule has 1 heterocycles. The molecule has 0 aromatic carbocycles. The van der Waals surface area contributed by atoms with E-state index < -0.39 is 0 Å². The lowest BCUT2D eigenvalue weighted by Crippen LogP contribution is -2.46. The molecular formula is C9H14N2O2S. The van der Waals surface area contributed by atoms with Crippen molar-refractivity contribution in [2.75, 3.05) is 0 Å². The normalized spacial score (nSPS) is 18.8. The molecule has 0 spiro atoms. The third kappa shape index (κ3) is 2.09. The summed E-state index contributed by atoms with van der Waals surface area (Å²) in [5, 5.41) is 0. The third-order valence-corrected chi connectivity index (χ3v) is 2.56. The molecule has 0 aromatic rings. The summed E-state index contributed by atoms with van der Waals surface area (Å²) in [6.07, 6.45) is 2.09. The Morgan fingerprint density at radius 3 is 2.36 bits per heavy atom. The van der Waals surface area contributed by atoms with Gasteiger partial charge in [-0.3, -0.25) is 14.5 Å². The van der Waals surface area contributed by atoms with Gasteiger partial charge in [0.25, 0.3) is 0 Å². The SMILES string of the molecule is CCCC(C(N)=S)N1C(=O)CCC1=O. The van der Waals surface area contributed by atoms with Gasteiger partial charge in [0.15, 0.2) is 0 Å². The van der Waals surface area contributed by atoms with E-state index in [1.165, 1.54) is 4.90 Å². The third-order valence-electron chi connectivity index (χ3n) is 2.29. The van der Waals surface area contributed by atoms with Gasteiger partial charge < -0.3 is 5.73 Å². The molecule has 1 aliphatic heterocycles. The van der Waals surface area contributed by atoms with Gasteiger partial charge >= 0.3 is 0 Å². The molecule has 0 bridgehead atoms. The minimum Gasteiger partial charge on any atom is -0.392 e. The molecule has 1 saturated heterocycles. The topological polar surface area (TPSA) is 63.4 Å². The van der Waals surface area contributed by atoms with E-state index in [1.54, 1.807) is 0 Å². The number of carbonyl (C=O) groups excluding carboxylic acids is 2. The van der Waals surface area contributed by atoms with Crippen LogP contribution in [0.3, 0.4) is 0 Å². The van der Waals surface area contributed by atoms with Gasteiger partial charge in [0, 0.05) is 12.8 Å². The van der Waals surface area contributed by atoms with E-state index in [0.717, 1.165) is 6.42 Å². The zero-order chi connectivity index (χ0) is 10.7. The molecule has 2 amide bonds. The molecule has 0 saturated carbocycles. The van der Waals surface area contributed by atoms with E-state index in [1.807, 2.05) is 6.92 Å². The molecule has 1 atom stereocenters. The van der Waals surface area contributed by atoms with Crippen molar-refractivity contribution in [1.82, 2.24) is 4.90 Å². The molecule has 14 heavy (non-hydrogen) atoms. The van der Waals surface area contributed by atoms with Gasteiger partial charge in [0.1, 0.15) is 0 Å². The van der Waals surface area contributed by atoms with Crippen LogP contribution in [0.4, 0.5) is 0 Å². The number of hydrogen-bond acceptors (Lipinski definition) is 3. The minimum absolute atomic E-state index is 0.152. The number of carbonyl (C=O) groups is 2. The molecule has 0 radical (unpaired) electrons. The van der Waals surface area contributed by atoms with Crippen LogP contribution in [0.15, 0.2) is 0 Å². The zero-order valence-corrected chi connectivity index (χ0v) is 8.97. The Balaban J connectivity index is 2.81. The Morgan fingerprint density at radius 1 is 1.50 bits per heavy atom. The average Bonchev–Trinajstić information content (AvgIpc) is 2.43. The first-order valence-corrected chi connectivity index (χ1v) is 5.13. The largest absolute Gasteiger partial charge is 0.392 e. The van der Waals surface area contributed by atoms with Crippen LogP contribution in [0, 0.1) is 0 Å². The van der Waals surface area contributed by atoms with Gasteiger partial charge in [0.2, 0.25) is 11.8 Å². The molecule has 4 nitrogen and oxygen atoms in total. The molecule has 2 N–H and O–H groups in total. The van der Waals surface area contributed by atoms with Gasteiger partial charge in [-0.2, -0.15) is 0 Å². The molecule has 1 rings (SSSR count). The predicted octanol–water partition coefficient (Wildman–Crippen LogP) is 0.590. The number of rotatable bonds is 4. The second-order valence-electron chi connectivity index (χ2n) is 3.36. The molecular weight excluding hydrogens is 200 g/mol. The molecule has 5 heteroatoms. The molecule has 78 valence electrons. The first kappa shape index (κ1) is 11.1. The fourth-order valence-electron chi connectivity index (χ4n) is 1.61. The fourth-order valence-corrected chi connectivity index (χ4v) is 1.84. The highest BCUT2D eigenvalue weighted by atomic mass is 32.1. The first-order chi connectivity index (χ1) is 6.57. The van der Waals surface area contributed by atoms with Crippen molar-refractivity contribution in [3.8, 4) is 0 Å². The average molecular weight is 214 g/mol. The van der Waals surface area contributed by atoms with Crippen LogP contribution in [-0.4, -0.2) is 27.7 Å². The summed E-state index contributed by atoms with van der Waals surface area (Å²) in [6.45, 7) is 1.97. The number of nitrogens with two attached hydrogens (primary N) is 1. The molecule has 1 unspecified atom stereocenters. The molecule has 1 fully saturated rings. The van der Waals surface area contributed by atoms with Gasteiger partial charge in [-0.15, -0.1) is 0 Å². The van der Waals surface area contributed by atoms with Gasteiger partial charge in [-0.1, -0.05) is 25.6 Å². The Labute approximate surface area is 88.4 Å². The van der Waals surface area contributed by atoms with Crippen molar-refractivity contribution in [3.63, 3.8) is 0 Å². The number of amides is 2. The van der Waals surface area contributed by atoms with Crippen LogP contribution < -0.4 is 5.73 Å². The number of hydrogen-bond donors (Lipinski definition) is 1. The van der Waals surface area contributed by atoms with Crippen LogP contribution in [0.1, 0.15) is 32.6 Å². The predicted molar refractivity (Wildman–Crippen MR) is 56.6 cm³/mol. The maximum absolute atomic E-state index is 11.4. The highest BCUT2D eigenvalue weighted by molar-refractivity contribution is 7.80. The Kier molecular flexibility index (Phi) is 3.57. The second-order valence-corrected chi connectivity index (χ2v) is 3.84. The van der Waals surface area contributed by atoms with E-state index in [2.05, 4.69) is 0 Å². The summed E-state index contributed by atoms with van der Waals surface area (Å²) in [5.74, 6) is -0.303. The quantitative estimate of drug-likeness (QED) is 0.549. The second kappa shape index (κ2) is 4.50. The maximum atomic E-state index is 11.4. The maximum Gasteiger partial charge on any atom is 0.230 e. The van der Waals surface area contributed by atoms with E-state index in [9.17, 15) is 9.59 Å². The monoisotopic (exact) mass is 214 g/mol. The van der Waals surface area contributed by atoms with Gasteiger partial charge in [-0.25, -0.2) is 0 Å². The lowest BCUT2D eigenvalue weighted by molar-refractivity contribution is -0.139. The van der Waals surface area contributed by atoms with Crippen LogP contribution in [-0.2, 0) is 9.59 Å². The summed E-state index contributed by atoms with van der Waals surface area (Å²) in [4.78, 5) is 24.3. The summed E-state index contributed by atoms with van der Waals surface area (Å²) in [5.41, 5.74) is 5.51. The smallest absolute Gasteiger partial charge is 0.230 e. The van der Waals surface area contributed by atoms with E-state index >= 15 is 0 Å². The van der Waals surface area contributed by atoms with E-state index in [4.69, 9.17) is 18.0 Å². The molecule has 1 aliphatic rings. The molecule has 0 aliphatic carbocycles. The van der Waals surface area contributed by atoms with Crippen LogP contribution >= 0.6 is 12.2 Å². The number of nitrogens with zero attached hydrogens (tertiary/aromatic N) is 1. The van der Waals surface area contributed by atoms with Crippen molar-refractivity contribution < 1.29 is 9.59 Å². The standard InChI is InChI=1S/C9H14N2O2S/c1-2-3-6(9(10)14)11-7(12)4-5-8(11)13/h6H,2-5H2,1H3,(H2,10,14). The summed E-state index contributed by atoms with van der Waals surface area (Å²) < 4.78 is 0. The van der Waals surface area contributed by atoms with E-state index in [0.29, 0.717) is 19.3 Å². The van der Waals surface area contributed by atoms with Crippen molar-refractivity contribution in [1.29, 1.82) is 0 Å². The highest BCUT2D eigenvalue weighted by Gasteiger charge is 2.35. The summed E-state index contributed by atoms with van der Waals surface area (Å²) in [7, 11) is 0. The van der Waals surface area contributed by atoms with Crippen LogP contribution in [0.25, 0.3) is 0 Å². The first-order valence-electron chi connectivity index (χ1n) is 4.72. The van der Waals surface area contributed by atoms with Crippen LogP contribution in [0.5, 0.6) is 0 Å². The summed E-state index contributed by atoms with van der Waals surface area (Å²) >= 11 is 4.86. The van der Waals surface area contributed by atoms with Gasteiger partial charge in [0.05, 0.1) is 11.0 Å². The summed E-state index contributed by atoms with van der Waals surface area (Å²) in [6, 6.07) is -0.377. The highest BCUT2D eigenvalue weighted by Crippen LogP contribution is 2.18. The van der Waals surface area contributed by atoms with Crippen LogP contribution in [0.2, 0.25) is 0 Å². The van der Waals surface area contributed by atoms with Crippen molar-refractivity contribution in [2.45, 2.75) is 38.6 Å². The minimum atomic E-state index is -0.377. The fraction of sp³-hybridized carbons (Fsp3) is 0.667. The Hall–Kier alpha value is -0.970. The van der Waals surface area contributed by atoms with Crippen molar-refractivity contribution >= 4 is 29.0 Å². The number of imide groups is 1. The molecule has 0 aromatic heterocycles. The Morgan fingerprint density at radius 2 is 2.00 bits per heavy atom.